The van der Waals surface area contributed by atoms with Gasteiger partial charge in [0.1, 0.15) is 5.69 Å². The smallest absolute Gasteiger partial charge is 0.223 e. The molecule has 1 aromatic carbocycles. The summed E-state index contributed by atoms with van der Waals surface area (Å²) in [6, 6.07) is 8.71. The van der Waals surface area contributed by atoms with E-state index in [1.165, 1.54) is 0 Å². The summed E-state index contributed by atoms with van der Waals surface area (Å²) in [4.78, 5) is 9.19. The van der Waals surface area contributed by atoms with Crippen molar-refractivity contribution in [1.29, 1.82) is 0 Å². The second-order valence-corrected chi connectivity index (χ2v) is 6.61. The van der Waals surface area contributed by atoms with Crippen molar-refractivity contribution in [1.82, 2.24) is 20.2 Å². The van der Waals surface area contributed by atoms with Crippen LogP contribution in [0.15, 0.2) is 30.5 Å². The van der Waals surface area contributed by atoms with Crippen LogP contribution in [0, 0.1) is 6.92 Å². The zero-order chi connectivity index (χ0) is 16.5. The molecule has 4 rings (SSSR count). The number of hydrogen-bond acceptors (Lipinski definition) is 5. The van der Waals surface area contributed by atoms with Crippen LogP contribution in [0.5, 0.6) is 0 Å². The van der Waals surface area contributed by atoms with Gasteiger partial charge in [-0.15, -0.1) is 0 Å². The molecule has 0 spiro atoms. The third-order valence-corrected chi connectivity index (χ3v) is 4.71. The van der Waals surface area contributed by atoms with Crippen molar-refractivity contribution in [2.45, 2.75) is 44.7 Å². The molecule has 6 heteroatoms. The van der Waals surface area contributed by atoms with Crippen LogP contribution in [0.25, 0.3) is 22.3 Å². The molecule has 6 nitrogen and oxygen atoms in total. The molecule has 24 heavy (non-hydrogen) atoms. The van der Waals surface area contributed by atoms with Gasteiger partial charge in [-0.3, -0.25) is 5.10 Å². The van der Waals surface area contributed by atoms with Gasteiger partial charge in [-0.2, -0.15) is 5.10 Å². The Morgan fingerprint density at radius 3 is 2.96 bits per heavy atom. The highest BCUT2D eigenvalue weighted by Crippen LogP contribution is 2.28. The molecular weight excluding hydrogens is 300 g/mol. The van der Waals surface area contributed by atoms with E-state index >= 15 is 0 Å². The Morgan fingerprint density at radius 1 is 1.21 bits per heavy atom. The number of nitrogens with two attached hydrogens (primary N) is 1. The fraction of sp³-hybridized carbons (Fsp3) is 0.389. The van der Waals surface area contributed by atoms with Gasteiger partial charge in [0.15, 0.2) is 0 Å². The monoisotopic (exact) mass is 322 g/mol. The van der Waals surface area contributed by atoms with Gasteiger partial charge in [-0.1, -0.05) is 18.2 Å². The average Bonchev–Trinajstić information content (AvgIpc) is 3.01. The minimum Gasteiger partial charge on any atom is -0.351 e. The largest absolute Gasteiger partial charge is 0.351 e. The molecule has 2 aromatic heterocycles. The van der Waals surface area contributed by atoms with Crippen LogP contribution >= 0.6 is 0 Å². The summed E-state index contributed by atoms with van der Waals surface area (Å²) in [5.41, 5.74) is 9.84. The number of hydrogen-bond donors (Lipinski definition) is 3. The molecule has 0 bridgehead atoms. The summed E-state index contributed by atoms with van der Waals surface area (Å²) >= 11 is 0. The number of aryl methyl sites for hydroxylation is 1. The number of anilines is 1. The Bertz CT molecular complexity index is 856. The second kappa shape index (κ2) is 6.20. The van der Waals surface area contributed by atoms with Gasteiger partial charge in [0.2, 0.25) is 5.95 Å². The van der Waals surface area contributed by atoms with Gasteiger partial charge in [-0.25, -0.2) is 9.97 Å². The summed E-state index contributed by atoms with van der Waals surface area (Å²) in [6.45, 7) is 2.01. The lowest BCUT2D eigenvalue weighted by Crippen LogP contribution is -2.35. The van der Waals surface area contributed by atoms with Crippen molar-refractivity contribution in [3.8, 4) is 11.4 Å². The quantitative estimate of drug-likeness (QED) is 0.689. The van der Waals surface area contributed by atoms with E-state index in [0.29, 0.717) is 12.0 Å². The first-order valence-electron chi connectivity index (χ1n) is 8.50. The van der Waals surface area contributed by atoms with Gasteiger partial charge in [0.05, 0.1) is 11.2 Å². The first-order valence-corrected chi connectivity index (χ1v) is 8.50. The van der Waals surface area contributed by atoms with Gasteiger partial charge in [0, 0.05) is 23.7 Å². The van der Waals surface area contributed by atoms with Gasteiger partial charge in [-0.05, 0) is 44.2 Å². The molecule has 4 N–H and O–H groups in total. The summed E-state index contributed by atoms with van der Waals surface area (Å²) < 4.78 is 0. The molecule has 0 amide bonds. The molecule has 0 saturated heterocycles. The Balaban J connectivity index is 1.66. The standard InChI is InChI=1S/C18H22N6/c1-11-10-20-18(21-13-6-4-5-12(19)9-13)22-16(11)17-14-7-2-3-8-15(14)23-24-17/h2-3,7-8,10,12-13H,4-6,9,19H2,1H3,(H,23,24)(H,20,21,22)/t12-,13+/m0/s1. The lowest BCUT2D eigenvalue weighted by Gasteiger charge is -2.27. The molecule has 2 atom stereocenters. The third kappa shape index (κ3) is 2.85. The second-order valence-electron chi connectivity index (χ2n) is 6.61. The van der Waals surface area contributed by atoms with Crippen molar-refractivity contribution in [3.05, 3.63) is 36.0 Å². The maximum Gasteiger partial charge on any atom is 0.223 e. The van der Waals surface area contributed by atoms with E-state index in [1.54, 1.807) is 0 Å². The number of H-pyrrole nitrogens is 1. The Hall–Kier alpha value is -2.47. The number of rotatable bonds is 3. The molecule has 1 aliphatic rings. The minimum atomic E-state index is 0.274. The van der Waals surface area contributed by atoms with E-state index < -0.39 is 0 Å². The molecular formula is C18H22N6. The lowest BCUT2D eigenvalue weighted by molar-refractivity contribution is 0.408. The van der Waals surface area contributed by atoms with E-state index in [4.69, 9.17) is 10.7 Å². The lowest BCUT2D eigenvalue weighted by atomic mass is 9.92. The predicted molar refractivity (Wildman–Crippen MR) is 95.7 cm³/mol. The number of aromatic amines is 1. The van der Waals surface area contributed by atoms with Crippen molar-refractivity contribution in [2.75, 3.05) is 5.32 Å². The zero-order valence-corrected chi connectivity index (χ0v) is 13.8. The van der Waals surface area contributed by atoms with Crippen molar-refractivity contribution >= 4 is 16.9 Å². The van der Waals surface area contributed by atoms with Crippen LogP contribution < -0.4 is 11.1 Å². The average molecular weight is 322 g/mol. The van der Waals surface area contributed by atoms with E-state index in [0.717, 1.165) is 53.5 Å². The molecule has 124 valence electrons. The molecule has 3 aromatic rings. The van der Waals surface area contributed by atoms with E-state index in [-0.39, 0.29) is 6.04 Å². The van der Waals surface area contributed by atoms with Crippen LogP contribution in [0.1, 0.15) is 31.2 Å². The van der Waals surface area contributed by atoms with Crippen molar-refractivity contribution in [2.24, 2.45) is 5.73 Å². The van der Waals surface area contributed by atoms with Crippen LogP contribution in [-0.4, -0.2) is 32.2 Å². The van der Waals surface area contributed by atoms with Gasteiger partial charge in [0.25, 0.3) is 0 Å². The van der Waals surface area contributed by atoms with E-state index in [9.17, 15) is 0 Å². The number of aromatic nitrogens is 4. The van der Waals surface area contributed by atoms with Crippen molar-refractivity contribution < 1.29 is 0 Å². The van der Waals surface area contributed by atoms with Gasteiger partial charge < -0.3 is 11.1 Å². The Kier molecular flexibility index (Phi) is 3.90. The molecule has 2 heterocycles. The predicted octanol–water partition coefficient (Wildman–Crippen LogP) is 3.01. The first-order chi connectivity index (χ1) is 11.7. The number of nitrogens with zero attached hydrogens (tertiary/aromatic N) is 3. The maximum absolute atomic E-state index is 6.08. The van der Waals surface area contributed by atoms with Crippen LogP contribution in [-0.2, 0) is 0 Å². The normalized spacial score (nSPS) is 21.1. The SMILES string of the molecule is Cc1cnc(N[C@@H]2CCC[C@H](N)C2)nc1-c1n[nH]c2ccccc12. The zero-order valence-electron chi connectivity index (χ0n) is 13.8. The van der Waals surface area contributed by atoms with Crippen LogP contribution in [0.2, 0.25) is 0 Å². The molecule has 0 unspecified atom stereocenters. The number of benzene rings is 1. The fourth-order valence-corrected chi connectivity index (χ4v) is 3.44. The minimum absolute atomic E-state index is 0.274. The molecule has 0 radical (unpaired) electrons. The topological polar surface area (TPSA) is 92.5 Å². The van der Waals surface area contributed by atoms with E-state index in [2.05, 4.69) is 26.6 Å². The van der Waals surface area contributed by atoms with Gasteiger partial charge >= 0.3 is 0 Å². The molecule has 1 fully saturated rings. The fourth-order valence-electron chi connectivity index (χ4n) is 3.44. The summed E-state index contributed by atoms with van der Waals surface area (Å²) in [6.07, 6.45) is 6.21. The van der Waals surface area contributed by atoms with Crippen LogP contribution in [0.3, 0.4) is 0 Å². The molecule has 1 saturated carbocycles. The highest BCUT2D eigenvalue weighted by Gasteiger charge is 2.20. The molecule has 1 aliphatic carbocycles. The first kappa shape index (κ1) is 15.1. The number of para-hydroxylation sites is 1. The highest BCUT2D eigenvalue weighted by atomic mass is 15.2. The Morgan fingerprint density at radius 2 is 2.08 bits per heavy atom. The third-order valence-electron chi connectivity index (χ3n) is 4.71. The maximum atomic E-state index is 6.08. The molecule has 0 aliphatic heterocycles. The highest BCUT2D eigenvalue weighted by molar-refractivity contribution is 5.92. The van der Waals surface area contributed by atoms with Crippen LogP contribution in [0.4, 0.5) is 5.95 Å². The summed E-state index contributed by atoms with van der Waals surface area (Å²) in [5, 5.41) is 12.1. The summed E-state index contributed by atoms with van der Waals surface area (Å²) in [7, 11) is 0. The van der Waals surface area contributed by atoms with Crippen molar-refractivity contribution in [3.63, 3.8) is 0 Å². The Labute approximate surface area is 140 Å². The van der Waals surface area contributed by atoms with E-state index in [1.807, 2.05) is 31.3 Å². The number of fused-ring (bicyclic) bond motifs is 1. The summed E-state index contributed by atoms with van der Waals surface area (Å²) in [5.74, 6) is 0.654. The number of nitrogens with one attached hydrogen (secondary N) is 2.